The Balaban J connectivity index is 2.45. The average molecular weight is 163 g/mol. The number of halogens is 1. The van der Waals surface area contributed by atoms with E-state index in [4.69, 9.17) is 5.73 Å². The van der Waals surface area contributed by atoms with Crippen molar-refractivity contribution in [2.75, 3.05) is 6.54 Å². The van der Waals surface area contributed by atoms with Crippen LogP contribution < -0.4 is 5.73 Å². The Morgan fingerprint density at radius 3 is 2.92 bits per heavy atom. The molecule has 0 spiro atoms. The molecule has 0 aromatic heterocycles. The van der Waals surface area contributed by atoms with Crippen molar-refractivity contribution in [1.82, 2.24) is 0 Å². The summed E-state index contributed by atoms with van der Waals surface area (Å²) in [5.74, 6) is -0.118. The lowest BCUT2D eigenvalue weighted by Gasteiger charge is -1.98. The summed E-state index contributed by atoms with van der Waals surface area (Å²) >= 11 is 0. The van der Waals surface area contributed by atoms with E-state index in [0.29, 0.717) is 13.0 Å². The molecule has 1 aliphatic carbocycles. The molecule has 2 heteroatoms. The van der Waals surface area contributed by atoms with Crippen LogP contribution >= 0.6 is 0 Å². The summed E-state index contributed by atoms with van der Waals surface area (Å²) in [4.78, 5) is 0. The van der Waals surface area contributed by atoms with Crippen molar-refractivity contribution < 1.29 is 4.39 Å². The van der Waals surface area contributed by atoms with Gasteiger partial charge in [0.05, 0.1) is 0 Å². The van der Waals surface area contributed by atoms with Gasteiger partial charge in [0.25, 0.3) is 0 Å². The molecule has 0 amide bonds. The maximum absolute atomic E-state index is 13.1. The molecule has 0 bridgehead atoms. The zero-order chi connectivity index (χ0) is 8.55. The molecule has 0 saturated carbocycles. The normalized spacial score (nSPS) is 14.3. The van der Waals surface area contributed by atoms with Gasteiger partial charge in [-0.15, -0.1) is 0 Å². The van der Waals surface area contributed by atoms with Crippen LogP contribution in [0.4, 0.5) is 4.39 Å². The van der Waals surface area contributed by atoms with Crippen LogP contribution in [-0.2, 0) is 6.42 Å². The van der Waals surface area contributed by atoms with Crippen molar-refractivity contribution in [3.8, 4) is 0 Å². The highest BCUT2D eigenvalue weighted by atomic mass is 19.1. The van der Waals surface area contributed by atoms with Gasteiger partial charge in [0.15, 0.2) is 0 Å². The number of benzene rings is 1. The first-order valence-electron chi connectivity index (χ1n) is 3.98. The molecule has 62 valence electrons. The Hall–Kier alpha value is -1.15. The summed E-state index contributed by atoms with van der Waals surface area (Å²) in [6.45, 7) is 0.522. The zero-order valence-electron chi connectivity index (χ0n) is 6.68. The van der Waals surface area contributed by atoms with Crippen LogP contribution in [0.15, 0.2) is 23.8 Å². The number of hydrogen-bond acceptors (Lipinski definition) is 1. The molecule has 0 atom stereocenters. The largest absolute Gasteiger partial charge is 0.327 e. The standard InChI is InChI=1S/C10H10FN/c11-10-3-1-2-8-4-7(6-12)5-9(8)10/h1-4H,5-6,12H2. The molecule has 2 rings (SSSR count). The molecule has 0 saturated heterocycles. The SMILES string of the molecule is NCC1=Cc2cccc(F)c2C1. The van der Waals surface area contributed by atoms with Crippen LogP contribution in [0.2, 0.25) is 0 Å². The van der Waals surface area contributed by atoms with Crippen molar-refractivity contribution in [3.05, 3.63) is 40.7 Å². The lowest BCUT2D eigenvalue weighted by molar-refractivity contribution is 0.614. The van der Waals surface area contributed by atoms with Gasteiger partial charge >= 0.3 is 0 Å². The Morgan fingerprint density at radius 2 is 2.25 bits per heavy atom. The van der Waals surface area contributed by atoms with Crippen LogP contribution in [0.25, 0.3) is 6.08 Å². The molecule has 2 N–H and O–H groups in total. The van der Waals surface area contributed by atoms with E-state index in [1.807, 2.05) is 12.1 Å². The fourth-order valence-corrected chi connectivity index (χ4v) is 1.53. The van der Waals surface area contributed by atoms with Gasteiger partial charge in [0, 0.05) is 6.54 Å². The molecular weight excluding hydrogens is 153 g/mol. The minimum atomic E-state index is -0.118. The highest BCUT2D eigenvalue weighted by molar-refractivity contribution is 5.64. The van der Waals surface area contributed by atoms with Gasteiger partial charge in [-0.1, -0.05) is 23.8 Å². The molecule has 1 aromatic carbocycles. The van der Waals surface area contributed by atoms with Crippen LogP contribution in [0, 0.1) is 5.82 Å². The summed E-state index contributed by atoms with van der Waals surface area (Å²) in [6, 6.07) is 5.14. The minimum absolute atomic E-state index is 0.118. The Morgan fingerprint density at radius 1 is 1.42 bits per heavy atom. The summed E-state index contributed by atoms with van der Waals surface area (Å²) in [5.41, 5.74) is 8.35. The van der Waals surface area contributed by atoms with Crippen LogP contribution in [0.1, 0.15) is 11.1 Å². The lowest BCUT2D eigenvalue weighted by Crippen LogP contribution is -2.02. The number of hydrogen-bond donors (Lipinski definition) is 1. The smallest absolute Gasteiger partial charge is 0.127 e. The third kappa shape index (κ3) is 1.04. The molecule has 12 heavy (non-hydrogen) atoms. The van der Waals surface area contributed by atoms with Gasteiger partial charge in [0.2, 0.25) is 0 Å². The van der Waals surface area contributed by atoms with E-state index >= 15 is 0 Å². The Bertz CT molecular complexity index is 342. The Kier molecular flexibility index (Phi) is 1.70. The molecule has 0 unspecified atom stereocenters. The van der Waals surface area contributed by atoms with Gasteiger partial charge < -0.3 is 5.73 Å². The van der Waals surface area contributed by atoms with E-state index in [1.165, 1.54) is 6.07 Å². The first kappa shape index (κ1) is 7.50. The molecule has 0 fully saturated rings. The summed E-state index contributed by atoms with van der Waals surface area (Å²) in [5, 5.41) is 0. The number of rotatable bonds is 1. The predicted octanol–water partition coefficient (Wildman–Crippen LogP) is 1.72. The monoisotopic (exact) mass is 163 g/mol. The summed E-state index contributed by atoms with van der Waals surface area (Å²) in [6.07, 6.45) is 2.65. The van der Waals surface area contributed by atoms with E-state index in [1.54, 1.807) is 6.07 Å². The van der Waals surface area contributed by atoms with E-state index in [-0.39, 0.29) is 5.82 Å². The molecule has 0 radical (unpaired) electrons. The predicted molar refractivity (Wildman–Crippen MR) is 47.1 cm³/mol. The van der Waals surface area contributed by atoms with Gasteiger partial charge in [0.1, 0.15) is 5.82 Å². The van der Waals surface area contributed by atoms with Gasteiger partial charge in [-0.2, -0.15) is 0 Å². The molecule has 1 nitrogen and oxygen atoms in total. The minimum Gasteiger partial charge on any atom is -0.327 e. The van der Waals surface area contributed by atoms with E-state index in [0.717, 1.165) is 16.7 Å². The quantitative estimate of drug-likeness (QED) is 0.670. The summed E-state index contributed by atoms with van der Waals surface area (Å²) in [7, 11) is 0. The molecule has 1 aromatic rings. The van der Waals surface area contributed by atoms with Crippen LogP contribution in [0.3, 0.4) is 0 Å². The lowest BCUT2D eigenvalue weighted by atomic mass is 10.1. The summed E-state index contributed by atoms with van der Waals surface area (Å²) < 4.78 is 13.1. The average Bonchev–Trinajstić information content (AvgIpc) is 2.49. The fourth-order valence-electron chi connectivity index (χ4n) is 1.53. The Labute approximate surface area is 70.7 Å². The second-order valence-electron chi connectivity index (χ2n) is 2.99. The number of fused-ring (bicyclic) bond motifs is 1. The molecule has 0 aliphatic heterocycles. The highest BCUT2D eigenvalue weighted by Crippen LogP contribution is 2.26. The first-order valence-corrected chi connectivity index (χ1v) is 3.98. The molecule has 1 aliphatic rings. The fraction of sp³-hybridized carbons (Fsp3) is 0.200. The molecule has 0 heterocycles. The maximum Gasteiger partial charge on any atom is 0.127 e. The third-order valence-corrected chi connectivity index (χ3v) is 2.18. The topological polar surface area (TPSA) is 26.0 Å². The third-order valence-electron chi connectivity index (χ3n) is 2.18. The maximum atomic E-state index is 13.1. The van der Waals surface area contributed by atoms with E-state index < -0.39 is 0 Å². The second-order valence-corrected chi connectivity index (χ2v) is 2.99. The van der Waals surface area contributed by atoms with Crippen molar-refractivity contribution in [1.29, 1.82) is 0 Å². The zero-order valence-corrected chi connectivity index (χ0v) is 6.68. The van der Waals surface area contributed by atoms with Crippen LogP contribution in [-0.4, -0.2) is 6.54 Å². The van der Waals surface area contributed by atoms with E-state index in [9.17, 15) is 4.39 Å². The molecular formula is C10H10FN. The van der Waals surface area contributed by atoms with Crippen molar-refractivity contribution in [2.45, 2.75) is 6.42 Å². The first-order chi connectivity index (χ1) is 5.81. The van der Waals surface area contributed by atoms with E-state index in [2.05, 4.69) is 0 Å². The second kappa shape index (κ2) is 2.72. The van der Waals surface area contributed by atoms with Crippen LogP contribution in [0.5, 0.6) is 0 Å². The van der Waals surface area contributed by atoms with Gasteiger partial charge in [-0.3, -0.25) is 0 Å². The number of nitrogens with two attached hydrogens (primary N) is 1. The van der Waals surface area contributed by atoms with Crippen molar-refractivity contribution in [3.63, 3.8) is 0 Å². The van der Waals surface area contributed by atoms with Crippen molar-refractivity contribution >= 4 is 6.08 Å². The van der Waals surface area contributed by atoms with Crippen molar-refractivity contribution in [2.24, 2.45) is 5.73 Å². The van der Waals surface area contributed by atoms with Gasteiger partial charge in [-0.05, 0) is 23.6 Å². The highest BCUT2D eigenvalue weighted by Gasteiger charge is 2.14. The van der Waals surface area contributed by atoms with Gasteiger partial charge in [-0.25, -0.2) is 4.39 Å².